The fourth-order valence-electron chi connectivity index (χ4n) is 5.04. The molecule has 0 bridgehead atoms. The molecule has 2 heteroatoms. The molecule has 0 spiro atoms. The molecule has 1 N–H and O–H groups in total. The van der Waals surface area contributed by atoms with Crippen molar-refractivity contribution in [2.24, 2.45) is 5.92 Å². The van der Waals surface area contributed by atoms with Crippen molar-refractivity contribution in [2.75, 3.05) is 19.6 Å². The van der Waals surface area contributed by atoms with Crippen LogP contribution in [0.5, 0.6) is 5.75 Å². The van der Waals surface area contributed by atoms with Crippen LogP contribution in [0.2, 0.25) is 0 Å². The first-order valence-electron chi connectivity index (χ1n) is 9.93. The van der Waals surface area contributed by atoms with Gasteiger partial charge in [0, 0.05) is 12.0 Å². The highest BCUT2D eigenvalue weighted by Gasteiger charge is 2.45. The first-order chi connectivity index (χ1) is 12.7. The van der Waals surface area contributed by atoms with Crippen molar-refractivity contribution in [3.63, 3.8) is 0 Å². The Hall–Kier alpha value is -2.06. The number of hydrogen-bond donors (Lipinski definition) is 1. The maximum absolute atomic E-state index is 10.1. The number of benzene rings is 2. The van der Waals surface area contributed by atoms with Crippen molar-refractivity contribution in [2.45, 2.75) is 38.0 Å². The SMILES string of the molecule is CCN1CC[C@@]2(c3cccc(O)c3)CC(Cc3ccccc3)=CC[C@@H]2C1. The molecular formula is C24H29NO. The lowest BCUT2D eigenvalue weighted by Gasteiger charge is -2.51. The second-order valence-electron chi connectivity index (χ2n) is 7.98. The fourth-order valence-corrected chi connectivity index (χ4v) is 5.04. The Morgan fingerprint density at radius 1 is 1.12 bits per heavy atom. The molecule has 1 aliphatic heterocycles. The molecule has 0 saturated carbocycles. The van der Waals surface area contributed by atoms with E-state index in [1.54, 1.807) is 11.6 Å². The summed E-state index contributed by atoms with van der Waals surface area (Å²) in [6, 6.07) is 18.9. The Bertz CT molecular complexity index is 782. The molecule has 0 unspecified atom stereocenters. The van der Waals surface area contributed by atoms with Crippen LogP contribution in [0.4, 0.5) is 0 Å². The van der Waals surface area contributed by atoms with Crippen LogP contribution in [0.3, 0.4) is 0 Å². The van der Waals surface area contributed by atoms with Crippen LogP contribution in [0.15, 0.2) is 66.2 Å². The zero-order valence-corrected chi connectivity index (χ0v) is 15.7. The van der Waals surface area contributed by atoms with Crippen molar-refractivity contribution in [1.82, 2.24) is 4.90 Å². The van der Waals surface area contributed by atoms with Crippen molar-refractivity contribution < 1.29 is 5.11 Å². The molecule has 136 valence electrons. The number of phenolic OH excluding ortho intramolecular Hbond substituents is 1. The van der Waals surface area contributed by atoms with Gasteiger partial charge in [-0.3, -0.25) is 0 Å². The van der Waals surface area contributed by atoms with Gasteiger partial charge in [-0.25, -0.2) is 0 Å². The van der Waals surface area contributed by atoms with Gasteiger partial charge in [0.15, 0.2) is 0 Å². The Balaban J connectivity index is 1.66. The molecule has 4 rings (SSSR count). The zero-order valence-electron chi connectivity index (χ0n) is 15.7. The Kier molecular flexibility index (Phi) is 4.86. The van der Waals surface area contributed by atoms with Crippen molar-refractivity contribution in [3.05, 3.63) is 77.4 Å². The van der Waals surface area contributed by atoms with Crippen LogP contribution in [0, 0.1) is 5.92 Å². The summed E-state index contributed by atoms with van der Waals surface area (Å²) in [7, 11) is 0. The second kappa shape index (κ2) is 7.28. The highest BCUT2D eigenvalue weighted by molar-refractivity contribution is 5.38. The number of hydrogen-bond acceptors (Lipinski definition) is 2. The van der Waals surface area contributed by atoms with Crippen molar-refractivity contribution in [3.8, 4) is 5.75 Å². The summed E-state index contributed by atoms with van der Waals surface area (Å²) < 4.78 is 0. The lowest BCUT2D eigenvalue weighted by Crippen LogP contribution is -2.51. The summed E-state index contributed by atoms with van der Waals surface area (Å²) >= 11 is 0. The Morgan fingerprint density at radius 3 is 2.73 bits per heavy atom. The van der Waals surface area contributed by atoms with E-state index >= 15 is 0 Å². The Morgan fingerprint density at radius 2 is 1.96 bits per heavy atom. The van der Waals surface area contributed by atoms with Gasteiger partial charge in [-0.15, -0.1) is 0 Å². The first-order valence-corrected chi connectivity index (χ1v) is 9.93. The van der Waals surface area contributed by atoms with Gasteiger partial charge in [0.1, 0.15) is 5.75 Å². The van der Waals surface area contributed by atoms with Crippen LogP contribution < -0.4 is 0 Å². The molecular weight excluding hydrogens is 318 g/mol. The zero-order chi connectivity index (χ0) is 18.0. The predicted octanol–water partition coefficient (Wildman–Crippen LogP) is 4.93. The standard InChI is InChI=1S/C24H29NO/c1-2-25-14-13-24(21-9-6-10-23(26)16-21)17-20(11-12-22(24)18-25)15-19-7-4-3-5-8-19/h3-11,16,22,26H,2,12-15,17-18H2,1H3/t22-,24+/m1/s1. The third-order valence-corrected chi connectivity index (χ3v) is 6.51. The largest absolute Gasteiger partial charge is 0.508 e. The number of phenols is 1. The predicted molar refractivity (Wildman–Crippen MR) is 107 cm³/mol. The van der Waals surface area contributed by atoms with Gasteiger partial charge in [0.05, 0.1) is 0 Å². The number of nitrogens with zero attached hydrogens (tertiary/aromatic N) is 1. The molecule has 2 aromatic carbocycles. The molecule has 2 nitrogen and oxygen atoms in total. The van der Waals surface area contributed by atoms with E-state index in [1.807, 2.05) is 12.1 Å². The molecule has 0 aromatic heterocycles. The van der Waals surface area contributed by atoms with Crippen LogP contribution in [-0.4, -0.2) is 29.6 Å². The van der Waals surface area contributed by atoms with Crippen LogP contribution in [0.25, 0.3) is 0 Å². The maximum atomic E-state index is 10.1. The minimum atomic E-state index is 0.170. The van der Waals surface area contributed by atoms with E-state index in [1.165, 1.54) is 24.1 Å². The van der Waals surface area contributed by atoms with E-state index < -0.39 is 0 Å². The number of piperidine rings is 1. The highest BCUT2D eigenvalue weighted by Crippen LogP contribution is 2.49. The summed E-state index contributed by atoms with van der Waals surface area (Å²) in [5, 5.41) is 10.1. The molecule has 2 aliphatic rings. The van der Waals surface area contributed by atoms with E-state index in [0.717, 1.165) is 32.4 Å². The maximum Gasteiger partial charge on any atom is 0.115 e. The quantitative estimate of drug-likeness (QED) is 0.792. The minimum absolute atomic E-state index is 0.170. The number of allylic oxidation sites excluding steroid dienone is 2. The summed E-state index contributed by atoms with van der Waals surface area (Å²) in [5.41, 5.74) is 4.45. The molecule has 26 heavy (non-hydrogen) atoms. The average molecular weight is 348 g/mol. The molecule has 1 fully saturated rings. The number of likely N-dealkylation sites (tertiary alicyclic amines) is 1. The average Bonchev–Trinajstić information content (AvgIpc) is 2.68. The van der Waals surface area contributed by atoms with Crippen molar-refractivity contribution in [1.29, 1.82) is 0 Å². The van der Waals surface area contributed by atoms with Gasteiger partial charge < -0.3 is 10.0 Å². The van der Waals surface area contributed by atoms with Crippen molar-refractivity contribution >= 4 is 0 Å². The first kappa shape index (κ1) is 17.4. The molecule has 1 aliphatic carbocycles. The van der Waals surface area contributed by atoms with E-state index in [9.17, 15) is 5.11 Å². The molecule has 1 heterocycles. The van der Waals surface area contributed by atoms with E-state index in [0.29, 0.717) is 11.7 Å². The van der Waals surface area contributed by atoms with Gasteiger partial charge in [-0.2, -0.15) is 0 Å². The minimum Gasteiger partial charge on any atom is -0.508 e. The summed E-state index contributed by atoms with van der Waals surface area (Å²) in [6.45, 7) is 5.72. The van der Waals surface area contributed by atoms with Crippen LogP contribution >= 0.6 is 0 Å². The van der Waals surface area contributed by atoms with E-state index in [-0.39, 0.29) is 5.41 Å². The molecule has 2 atom stereocenters. The summed E-state index contributed by atoms with van der Waals surface area (Å²) in [4.78, 5) is 2.59. The van der Waals surface area contributed by atoms with Gasteiger partial charge in [-0.1, -0.05) is 61.0 Å². The van der Waals surface area contributed by atoms with Gasteiger partial charge in [0.25, 0.3) is 0 Å². The third kappa shape index (κ3) is 3.31. The topological polar surface area (TPSA) is 23.5 Å². The lowest BCUT2D eigenvalue weighted by molar-refractivity contribution is 0.0879. The lowest BCUT2D eigenvalue weighted by atomic mass is 9.59. The normalized spacial score (nSPS) is 26.2. The highest BCUT2D eigenvalue weighted by atomic mass is 16.3. The molecule has 0 amide bonds. The van der Waals surface area contributed by atoms with E-state index in [4.69, 9.17) is 0 Å². The Labute approximate surface area is 157 Å². The summed E-state index contributed by atoms with van der Waals surface area (Å²) in [5.74, 6) is 1.03. The second-order valence-corrected chi connectivity index (χ2v) is 7.98. The summed E-state index contributed by atoms with van der Waals surface area (Å²) in [6.07, 6.45) is 6.99. The van der Waals surface area contributed by atoms with E-state index in [2.05, 4.69) is 54.3 Å². The monoisotopic (exact) mass is 347 g/mol. The van der Waals surface area contributed by atoms with Gasteiger partial charge in [-0.05, 0) is 68.0 Å². The van der Waals surface area contributed by atoms with Crippen LogP contribution in [0.1, 0.15) is 37.3 Å². The number of rotatable bonds is 4. The number of aromatic hydroxyl groups is 1. The molecule has 0 radical (unpaired) electrons. The number of fused-ring (bicyclic) bond motifs is 1. The molecule has 2 aromatic rings. The third-order valence-electron chi connectivity index (χ3n) is 6.51. The smallest absolute Gasteiger partial charge is 0.115 e. The van der Waals surface area contributed by atoms with Gasteiger partial charge >= 0.3 is 0 Å². The van der Waals surface area contributed by atoms with Crippen LogP contribution in [-0.2, 0) is 11.8 Å². The molecule has 1 saturated heterocycles. The van der Waals surface area contributed by atoms with Gasteiger partial charge in [0.2, 0.25) is 0 Å². The fraction of sp³-hybridized carbons (Fsp3) is 0.417.